The molecule has 130 valence electrons. The molecular formula is C21H19N2O2S+. The van der Waals surface area contributed by atoms with E-state index in [1.807, 2.05) is 56.3 Å². The number of aryl methyl sites for hydroxylation is 1. The minimum Gasteiger partial charge on any atom is -0.497 e. The number of nitrogens with zero attached hydrogens (tertiary/aromatic N) is 2. The molecule has 5 heteroatoms. The molecule has 4 rings (SSSR count). The topological polar surface area (TPSA) is 34.6 Å². The number of methoxy groups -OCH3 is 1. The Morgan fingerprint density at radius 3 is 2.38 bits per heavy atom. The molecule has 0 spiro atoms. The Morgan fingerprint density at radius 2 is 1.73 bits per heavy atom. The number of carbonyl (C=O) groups is 1. The first-order chi connectivity index (χ1) is 12.6. The zero-order chi connectivity index (χ0) is 18.3. The number of aromatic nitrogens is 2. The molecule has 4 aromatic rings. The van der Waals surface area contributed by atoms with Crippen LogP contribution in [0.4, 0.5) is 0 Å². The number of thiazole rings is 1. The number of hydrogen-bond acceptors (Lipinski definition) is 3. The summed E-state index contributed by atoms with van der Waals surface area (Å²) in [6.45, 7) is 4.03. The lowest BCUT2D eigenvalue weighted by atomic mass is 10.1. The molecule has 0 amide bonds. The van der Waals surface area contributed by atoms with Gasteiger partial charge in [-0.05, 0) is 43.3 Å². The third kappa shape index (κ3) is 2.52. The van der Waals surface area contributed by atoms with Gasteiger partial charge in [0.25, 0.3) is 0 Å². The van der Waals surface area contributed by atoms with Gasteiger partial charge in [0, 0.05) is 17.9 Å². The summed E-state index contributed by atoms with van der Waals surface area (Å²) in [5, 5.41) is 2.08. The summed E-state index contributed by atoms with van der Waals surface area (Å²) in [4.78, 5) is 14.3. The monoisotopic (exact) mass is 363 g/mol. The molecule has 0 unspecified atom stereocenters. The van der Waals surface area contributed by atoms with Crippen LogP contribution in [0.2, 0.25) is 0 Å². The van der Waals surface area contributed by atoms with Crippen LogP contribution in [0.3, 0.4) is 0 Å². The van der Waals surface area contributed by atoms with Crippen molar-refractivity contribution in [2.75, 3.05) is 7.11 Å². The van der Waals surface area contributed by atoms with Crippen molar-refractivity contribution in [3.05, 3.63) is 82.6 Å². The lowest BCUT2D eigenvalue weighted by Crippen LogP contribution is -2.32. The Morgan fingerprint density at radius 1 is 1.04 bits per heavy atom. The van der Waals surface area contributed by atoms with Gasteiger partial charge in [0.15, 0.2) is 5.69 Å². The molecule has 0 N–H and O–H groups in total. The average Bonchev–Trinajstić information content (AvgIpc) is 3.18. The van der Waals surface area contributed by atoms with Crippen LogP contribution in [-0.4, -0.2) is 17.3 Å². The highest BCUT2D eigenvalue weighted by Gasteiger charge is 2.32. The number of hydrogen-bond donors (Lipinski definition) is 0. The van der Waals surface area contributed by atoms with Crippen LogP contribution in [0.5, 0.6) is 5.75 Å². The number of rotatable bonds is 4. The van der Waals surface area contributed by atoms with Crippen LogP contribution in [0, 0.1) is 13.8 Å². The smallest absolute Gasteiger partial charge is 0.351 e. The number of benzene rings is 2. The highest BCUT2D eigenvalue weighted by Crippen LogP contribution is 2.24. The van der Waals surface area contributed by atoms with Gasteiger partial charge < -0.3 is 4.74 Å². The first kappa shape index (κ1) is 16.5. The molecule has 2 aromatic carbocycles. The molecule has 0 saturated carbocycles. The lowest BCUT2D eigenvalue weighted by Gasteiger charge is -2.02. The molecule has 26 heavy (non-hydrogen) atoms. The highest BCUT2D eigenvalue weighted by molar-refractivity contribution is 7.14. The van der Waals surface area contributed by atoms with Crippen molar-refractivity contribution in [3.8, 4) is 11.4 Å². The van der Waals surface area contributed by atoms with E-state index in [9.17, 15) is 4.79 Å². The summed E-state index contributed by atoms with van der Waals surface area (Å²) >= 11 is 1.64. The molecule has 0 fully saturated rings. The van der Waals surface area contributed by atoms with Crippen molar-refractivity contribution < 1.29 is 14.1 Å². The summed E-state index contributed by atoms with van der Waals surface area (Å²) in [6.07, 6.45) is 0. The van der Waals surface area contributed by atoms with Crippen molar-refractivity contribution in [2.24, 2.45) is 0 Å². The van der Waals surface area contributed by atoms with Gasteiger partial charge in [0.1, 0.15) is 17.1 Å². The van der Waals surface area contributed by atoms with E-state index in [2.05, 4.69) is 26.5 Å². The molecule has 0 aliphatic carbocycles. The van der Waals surface area contributed by atoms with Gasteiger partial charge in [-0.15, -0.1) is 0 Å². The number of fused-ring (bicyclic) bond motifs is 1. The molecule has 4 nitrogen and oxygen atoms in total. The predicted molar refractivity (Wildman–Crippen MR) is 103 cm³/mol. The van der Waals surface area contributed by atoms with E-state index in [1.54, 1.807) is 18.4 Å². The summed E-state index contributed by atoms with van der Waals surface area (Å²) in [6, 6.07) is 17.4. The largest absolute Gasteiger partial charge is 0.497 e. The quantitative estimate of drug-likeness (QED) is 0.403. The normalized spacial score (nSPS) is 11.0. The van der Waals surface area contributed by atoms with Gasteiger partial charge in [-0.2, -0.15) is 8.97 Å². The molecule has 0 radical (unpaired) electrons. The average molecular weight is 363 g/mol. The fourth-order valence-corrected chi connectivity index (χ4v) is 4.33. The summed E-state index contributed by atoms with van der Waals surface area (Å²) in [7, 11) is 1.62. The second-order valence-electron chi connectivity index (χ2n) is 6.16. The maximum Gasteiger partial charge on any atom is 0.351 e. The number of ketones is 1. The standard InChI is InChI=1S/C21H19N2O2S/c1-14-13-26-21-22(14)19(15(2)23(21)17-7-5-4-6-8-17)20(24)16-9-11-18(25-3)12-10-16/h4-13H,1-3H3/q+1. The van der Waals surface area contributed by atoms with E-state index in [1.165, 1.54) is 0 Å². The van der Waals surface area contributed by atoms with E-state index >= 15 is 0 Å². The van der Waals surface area contributed by atoms with E-state index < -0.39 is 0 Å². The minimum atomic E-state index is 0.0105. The lowest BCUT2D eigenvalue weighted by molar-refractivity contribution is -0.571. The first-order valence-electron chi connectivity index (χ1n) is 8.37. The molecule has 0 aliphatic rings. The van der Waals surface area contributed by atoms with Crippen LogP contribution < -0.4 is 9.30 Å². The van der Waals surface area contributed by atoms with Gasteiger partial charge in [0.05, 0.1) is 7.11 Å². The molecule has 0 bridgehead atoms. The number of imidazole rings is 1. The number of ether oxygens (including phenoxy) is 1. The number of para-hydroxylation sites is 1. The molecule has 2 aromatic heterocycles. The Labute approximate surface area is 155 Å². The van der Waals surface area contributed by atoms with Gasteiger partial charge in [-0.3, -0.25) is 4.79 Å². The van der Waals surface area contributed by atoms with Crippen LogP contribution in [0.25, 0.3) is 10.6 Å². The predicted octanol–water partition coefficient (Wildman–Crippen LogP) is 4.13. The zero-order valence-corrected chi connectivity index (χ0v) is 15.7. The first-order valence-corrected chi connectivity index (χ1v) is 9.25. The number of carbonyl (C=O) groups excluding carboxylic acids is 1. The Balaban J connectivity index is 1.93. The Bertz CT molecular complexity index is 1090. The van der Waals surface area contributed by atoms with E-state index in [-0.39, 0.29) is 5.78 Å². The minimum absolute atomic E-state index is 0.0105. The molecule has 0 saturated heterocycles. The summed E-state index contributed by atoms with van der Waals surface area (Å²) < 4.78 is 9.40. The van der Waals surface area contributed by atoms with E-state index in [0.29, 0.717) is 11.3 Å². The van der Waals surface area contributed by atoms with Gasteiger partial charge in [0.2, 0.25) is 11.5 Å². The van der Waals surface area contributed by atoms with E-state index in [4.69, 9.17) is 4.74 Å². The van der Waals surface area contributed by atoms with Crippen molar-refractivity contribution in [3.63, 3.8) is 0 Å². The summed E-state index contributed by atoms with van der Waals surface area (Å²) in [5.74, 6) is 0.751. The third-order valence-corrected chi connectivity index (χ3v) is 5.59. The molecule has 2 heterocycles. The second-order valence-corrected chi connectivity index (χ2v) is 6.99. The maximum atomic E-state index is 13.3. The van der Waals surface area contributed by atoms with Crippen molar-refractivity contribution in [1.29, 1.82) is 0 Å². The SMILES string of the molecule is COc1ccc(C(=O)c2c(C)[n+](-c3ccccc3)c3scc(C)n23)cc1. The van der Waals surface area contributed by atoms with E-state index in [0.717, 1.165) is 27.8 Å². The fourth-order valence-electron chi connectivity index (χ4n) is 3.26. The molecule has 0 aliphatic heterocycles. The Hall–Kier alpha value is -2.92. The van der Waals surface area contributed by atoms with Crippen LogP contribution in [-0.2, 0) is 0 Å². The zero-order valence-electron chi connectivity index (χ0n) is 14.9. The molecule has 0 atom stereocenters. The van der Waals surface area contributed by atoms with Crippen LogP contribution in [0.15, 0.2) is 60.0 Å². The van der Waals surface area contributed by atoms with Crippen molar-refractivity contribution in [1.82, 2.24) is 4.40 Å². The third-order valence-electron chi connectivity index (χ3n) is 4.55. The second kappa shape index (κ2) is 6.42. The van der Waals surface area contributed by atoms with Crippen LogP contribution >= 0.6 is 11.3 Å². The fraction of sp³-hybridized carbons (Fsp3) is 0.143. The highest BCUT2D eigenvalue weighted by atomic mass is 32.1. The molecular weight excluding hydrogens is 344 g/mol. The summed E-state index contributed by atoms with van der Waals surface area (Å²) in [5.41, 5.74) is 4.40. The van der Waals surface area contributed by atoms with Crippen LogP contribution in [0.1, 0.15) is 27.4 Å². The Kier molecular flexibility index (Phi) is 4.09. The van der Waals surface area contributed by atoms with Gasteiger partial charge in [-0.1, -0.05) is 29.5 Å². The van der Waals surface area contributed by atoms with Crippen molar-refractivity contribution in [2.45, 2.75) is 13.8 Å². The van der Waals surface area contributed by atoms with Crippen molar-refractivity contribution >= 4 is 22.1 Å². The van der Waals surface area contributed by atoms with Gasteiger partial charge in [-0.25, -0.2) is 0 Å². The van der Waals surface area contributed by atoms with Gasteiger partial charge >= 0.3 is 4.96 Å². The maximum absolute atomic E-state index is 13.3.